The number of nitrogens with two attached hydrogens (primary N) is 1. The fourth-order valence-corrected chi connectivity index (χ4v) is 7.30. The van der Waals surface area contributed by atoms with Crippen molar-refractivity contribution in [2.45, 2.75) is 83.5 Å². The zero-order valence-electron chi connectivity index (χ0n) is 14.2. The quantitative estimate of drug-likeness (QED) is 0.644. The summed E-state index contributed by atoms with van der Waals surface area (Å²) in [7, 11) is 0. The van der Waals surface area contributed by atoms with E-state index in [1.165, 1.54) is 32.1 Å². The van der Waals surface area contributed by atoms with Crippen LogP contribution in [0.15, 0.2) is 0 Å². The first-order valence-electron chi connectivity index (χ1n) is 9.48. The van der Waals surface area contributed by atoms with Crippen molar-refractivity contribution in [1.29, 1.82) is 0 Å². The van der Waals surface area contributed by atoms with Crippen LogP contribution in [0.3, 0.4) is 0 Å². The summed E-state index contributed by atoms with van der Waals surface area (Å²) in [6.45, 7) is 4.78. The van der Waals surface area contributed by atoms with Crippen molar-refractivity contribution in [2.75, 3.05) is 0 Å². The summed E-state index contributed by atoms with van der Waals surface area (Å²) in [6, 6.07) is -0.0169. The Labute approximate surface area is 134 Å². The van der Waals surface area contributed by atoms with Crippen LogP contribution in [0.2, 0.25) is 0 Å². The van der Waals surface area contributed by atoms with Crippen LogP contribution in [0.4, 0.5) is 0 Å². The molecule has 126 valence electrons. The van der Waals surface area contributed by atoms with Crippen LogP contribution in [0.1, 0.15) is 65.2 Å². The third kappa shape index (κ3) is 1.91. The van der Waals surface area contributed by atoms with Gasteiger partial charge in [0.25, 0.3) is 0 Å². The molecule has 0 saturated heterocycles. The molecule has 0 aromatic heterocycles. The van der Waals surface area contributed by atoms with Gasteiger partial charge in [0.2, 0.25) is 0 Å². The number of aliphatic hydroxyl groups is 2. The molecule has 0 aliphatic heterocycles. The summed E-state index contributed by atoms with van der Waals surface area (Å²) in [5.41, 5.74) is 6.59. The highest BCUT2D eigenvalue weighted by Crippen LogP contribution is 2.66. The molecule has 0 spiro atoms. The van der Waals surface area contributed by atoms with Crippen molar-refractivity contribution in [1.82, 2.24) is 0 Å². The lowest BCUT2D eigenvalue weighted by Gasteiger charge is -2.61. The van der Waals surface area contributed by atoms with Gasteiger partial charge in [-0.2, -0.15) is 0 Å². The molecule has 9 atom stereocenters. The molecule has 3 heteroatoms. The SMILES string of the molecule is C[C@]12C[C@H](O)[C@H](N)C[C@@H]1CC[C@@H]1[C@@H]2CC[C@]2(C)[C@@H](O)CC[C@@H]12. The van der Waals surface area contributed by atoms with E-state index in [1.807, 2.05) is 0 Å². The molecule has 4 saturated carbocycles. The number of fused-ring (bicyclic) bond motifs is 5. The van der Waals surface area contributed by atoms with E-state index in [2.05, 4.69) is 13.8 Å². The van der Waals surface area contributed by atoms with Crippen LogP contribution < -0.4 is 5.73 Å². The lowest BCUT2D eigenvalue weighted by atomic mass is 9.44. The Hall–Kier alpha value is -0.120. The van der Waals surface area contributed by atoms with Crippen molar-refractivity contribution in [3.05, 3.63) is 0 Å². The van der Waals surface area contributed by atoms with Gasteiger partial charge in [-0.1, -0.05) is 13.8 Å². The molecule has 0 bridgehead atoms. The maximum atomic E-state index is 10.5. The Bertz CT molecular complexity index is 455. The minimum Gasteiger partial charge on any atom is -0.393 e. The highest BCUT2D eigenvalue weighted by Gasteiger charge is 2.60. The van der Waals surface area contributed by atoms with Gasteiger partial charge in [-0.15, -0.1) is 0 Å². The van der Waals surface area contributed by atoms with Gasteiger partial charge in [-0.05, 0) is 85.9 Å². The Morgan fingerprint density at radius 1 is 0.909 bits per heavy atom. The molecule has 4 N–H and O–H groups in total. The Kier molecular flexibility index (Phi) is 3.46. The minimum atomic E-state index is -0.317. The third-order valence-corrected chi connectivity index (χ3v) is 8.72. The molecule has 4 rings (SSSR count). The van der Waals surface area contributed by atoms with Crippen molar-refractivity contribution >= 4 is 0 Å². The van der Waals surface area contributed by atoms with Crippen LogP contribution in [-0.2, 0) is 0 Å². The fourth-order valence-electron chi connectivity index (χ4n) is 7.30. The first-order valence-corrected chi connectivity index (χ1v) is 9.48. The zero-order valence-corrected chi connectivity index (χ0v) is 14.2. The third-order valence-electron chi connectivity index (χ3n) is 8.72. The molecular weight excluding hydrogens is 274 g/mol. The highest BCUT2D eigenvalue weighted by atomic mass is 16.3. The Morgan fingerprint density at radius 2 is 1.64 bits per heavy atom. The van der Waals surface area contributed by atoms with E-state index in [-0.39, 0.29) is 29.1 Å². The number of aliphatic hydroxyl groups excluding tert-OH is 2. The second kappa shape index (κ2) is 4.94. The maximum absolute atomic E-state index is 10.5. The van der Waals surface area contributed by atoms with E-state index >= 15 is 0 Å². The summed E-state index contributed by atoms with van der Waals surface area (Å²) in [4.78, 5) is 0. The lowest BCUT2D eigenvalue weighted by Crippen LogP contribution is -2.58. The maximum Gasteiger partial charge on any atom is 0.0696 e. The normalized spacial score (nSPS) is 61.2. The summed E-state index contributed by atoms with van der Waals surface area (Å²) in [6.07, 6.45) is 8.71. The molecule has 0 aromatic rings. The molecule has 3 nitrogen and oxygen atoms in total. The molecule has 4 fully saturated rings. The largest absolute Gasteiger partial charge is 0.393 e. The first-order chi connectivity index (χ1) is 10.4. The number of hydrogen-bond donors (Lipinski definition) is 3. The number of rotatable bonds is 0. The summed E-state index contributed by atoms with van der Waals surface area (Å²) >= 11 is 0. The highest BCUT2D eigenvalue weighted by molar-refractivity contribution is 5.10. The van der Waals surface area contributed by atoms with Gasteiger partial charge in [0, 0.05) is 6.04 Å². The Morgan fingerprint density at radius 3 is 2.41 bits per heavy atom. The van der Waals surface area contributed by atoms with E-state index in [0.717, 1.165) is 31.1 Å². The Balaban J connectivity index is 1.63. The van der Waals surface area contributed by atoms with Crippen LogP contribution in [-0.4, -0.2) is 28.5 Å². The van der Waals surface area contributed by atoms with Crippen LogP contribution in [0, 0.1) is 34.5 Å². The van der Waals surface area contributed by atoms with Crippen molar-refractivity contribution in [3.63, 3.8) is 0 Å². The lowest BCUT2D eigenvalue weighted by molar-refractivity contribution is -0.140. The van der Waals surface area contributed by atoms with Crippen molar-refractivity contribution in [3.8, 4) is 0 Å². The summed E-state index contributed by atoms with van der Waals surface area (Å²) in [5, 5.41) is 20.9. The molecule has 4 aliphatic rings. The predicted octanol–water partition coefficient (Wildman–Crippen LogP) is 2.69. The fraction of sp³-hybridized carbons (Fsp3) is 1.00. The zero-order chi connectivity index (χ0) is 15.7. The van der Waals surface area contributed by atoms with Crippen LogP contribution >= 0.6 is 0 Å². The van der Waals surface area contributed by atoms with Gasteiger partial charge in [-0.25, -0.2) is 0 Å². The molecule has 0 aromatic carbocycles. The van der Waals surface area contributed by atoms with E-state index in [9.17, 15) is 10.2 Å². The molecule has 0 amide bonds. The van der Waals surface area contributed by atoms with Gasteiger partial charge in [0.05, 0.1) is 12.2 Å². The topological polar surface area (TPSA) is 66.5 Å². The molecule has 0 radical (unpaired) electrons. The second-order valence-corrected chi connectivity index (χ2v) is 9.47. The molecular formula is C19H33NO2. The molecule has 0 unspecified atom stereocenters. The monoisotopic (exact) mass is 307 g/mol. The molecule has 0 heterocycles. The molecule has 22 heavy (non-hydrogen) atoms. The summed E-state index contributed by atoms with van der Waals surface area (Å²) < 4.78 is 0. The van der Waals surface area contributed by atoms with Gasteiger partial charge in [-0.3, -0.25) is 0 Å². The minimum absolute atomic E-state index is 0.0169. The average molecular weight is 307 g/mol. The smallest absolute Gasteiger partial charge is 0.0696 e. The number of hydrogen-bond acceptors (Lipinski definition) is 3. The van der Waals surface area contributed by atoms with Crippen molar-refractivity contribution < 1.29 is 10.2 Å². The first kappa shape index (κ1) is 15.4. The van der Waals surface area contributed by atoms with Crippen molar-refractivity contribution in [2.24, 2.45) is 40.2 Å². The van der Waals surface area contributed by atoms with Gasteiger partial charge < -0.3 is 15.9 Å². The second-order valence-electron chi connectivity index (χ2n) is 9.47. The van der Waals surface area contributed by atoms with Gasteiger partial charge in [0.1, 0.15) is 0 Å². The van der Waals surface area contributed by atoms with Crippen LogP contribution in [0.5, 0.6) is 0 Å². The van der Waals surface area contributed by atoms with E-state index in [1.54, 1.807) is 0 Å². The van der Waals surface area contributed by atoms with Crippen LogP contribution in [0.25, 0.3) is 0 Å². The standard InChI is InChI=1S/C19H33NO2/c1-18-8-7-14-12(13(18)5-6-17(18)22)4-3-11-9-15(20)16(21)10-19(11,14)2/h11-17,21-22H,3-10,20H2,1-2H3/t11-,12-,13-,14-,15+,16-,17-,18-,19-/m0/s1. The summed E-state index contributed by atoms with van der Waals surface area (Å²) in [5.74, 6) is 2.89. The van der Waals surface area contributed by atoms with E-state index in [0.29, 0.717) is 11.8 Å². The van der Waals surface area contributed by atoms with E-state index in [4.69, 9.17) is 5.73 Å². The van der Waals surface area contributed by atoms with Gasteiger partial charge in [0.15, 0.2) is 0 Å². The van der Waals surface area contributed by atoms with E-state index < -0.39 is 0 Å². The van der Waals surface area contributed by atoms with Gasteiger partial charge >= 0.3 is 0 Å². The molecule has 4 aliphatic carbocycles. The average Bonchev–Trinajstić information content (AvgIpc) is 2.77. The predicted molar refractivity (Wildman–Crippen MR) is 87.1 cm³/mol.